The summed E-state index contributed by atoms with van der Waals surface area (Å²) in [7, 11) is 0. The molecule has 24 heavy (non-hydrogen) atoms. The van der Waals surface area contributed by atoms with Crippen LogP contribution in [0.5, 0.6) is 0 Å². The Labute approximate surface area is 139 Å². The number of hydrogen-bond acceptors (Lipinski definition) is 3. The average Bonchev–Trinajstić information content (AvgIpc) is 2.98. The van der Waals surface area contributed by atoms with Gasteiger partial charge in [0.15, 0.2) is 0 Å². The van der Waals surface area contributed by atoms with E-state index in [9.17, 15) is 14.0 Å². The Morgan fingerprint density at radius 1 is 1.21 bits per heavy atom. The normalized spacial score (nSPS) is 14.2. The first-order chi connectivity index (χ1) is 11.5. The summed E-state index contributed by atoms with van der Waals surface area (Å²) in [5.41, 5.74) is 8.67. The zero-order valence-electron chi connectivity index (χ0n) is 13.3. The number of fused-ring (bicyclic) bond motifs is 1. The number of benzene rings is 2. The lowest BCUT2D eigenvalue weighted by molar-refractivity contribution is -0.119. The van der Waals surface area contributed by atoms with Crippen LogP contribution in [0.25, 0.3) is 0 Å². The van der Waals surface area contributed by atoms with E-state index in [-0.39, 0.29) is 11.7 Å². The Kier molecular flexibility index (Phi) is 4.20. The van der Waals surface area contributed by atoms with Crippen LogP contribution in [-0.4, -0.2) is 18.4 Å². The fourth-order valence-electron chi connectivity index (χ4n) is 3.03. The third-order valence-electron chi connectivity index (χ3n) is 4.20. The van der Waals surface area contributed by atoms with Gasteiger partial charge in [0.05, 0.1) is 0 Å². The maximum atomic E-state index is 13.1. The minimum Gasteiger partial charge on any atom is -0.370 e. The van der Waals surface area contributed by atoms with E-state index in [0.717, 1.165) is 16.9 Å². The number of hydrogen-bond donors (Lipinski definition) is 2. The number of nitrogens with two attached hydrogens (primary N) is 1. The topological polar surface area (TPSA) is 75.4 Å². The Bertz CT molecular complexity index is 789. The minimum absolute atomic E-state index is 0.0177. The van der Waals surface area contributed by atoms with Crippen LogP contribution in [0.3, 0.4) is 0 Å². The molecular weight excluding hydrogens is 309 g/mol. The lowest BCUT2D eigenvalue weighted by atomic mass is 10.0. The van der Waals surface area contributed by atoms with Crippen molar-refractivity contribution in [2.75, 3.05) is 16.8 Å². The van der Waals surface area contributed by atoms with Crippen LogP contribution in [0.15, 0.2) is 42.5 Å². The van der Waals surface area contributed by atoms with E-state index in [1.165, 1.54) is 31.2 Å². The predicted molar refractivity (Wildman–Crippen MR) is 90.1 cm³/mol. The molecule has 1 aliphatic rings. The smallest absolute Gasteiger partial charge is 0.244 e. The largest absolute Gasteiger partial charge is 0.370 e. The van der Waals surface area contributed by atoms with Crippen LogP contribution in [-0.2, 0) is 16.0 Å². The van der Waals surface area contributed by atoms with Crippen molar-refractivity contribution < 1.29 is 14.0 Å². The molecule has 1 aliphatic heterocycles. The van der Waals surface area contributed by atoms with Gasteiger partial charge in [-0.25, -0.2) is 4.39 Å². The highest BCUT2D eigenvalue weighted by atomic mass is 19.1. The van der Waals surface area contributed by atoms with Crippen LogP contribution in [0.1, 0.15) is 24.1 Å². The van der Waals surface area contributed by atoms with E-state index in [1.807, 2.05) is 18.2 Å². The van der Waals surface area contributed by atoms with Gasteiger partial charge in [-0.05, 0) is 36.2 Å². The van der Waals surface area contributed by atoms with Gasteiger partial charge in [0.2, 0.25) is 11.8 Å². The third-order valence-corrected chi connectivity index (χ3v) is 4.20. The second-order valence-corrected chi connectivity index (χ2v) is 5.76. The molecule has 3 N–H and O–H groups in total. The Balaban J connectivity index is 1.93. The molecule has 1 heterocycles. The Morgan fingerprint density at radius 2 is 1.92 bits per heavy atom. The summed E-state index contributed by atoms with van der Waals surface area (Å²) in [5, 5.41) is 3.14. The summed E-state index contributed by atoms with van der Waals surface area (Å²) in [6.45, 7) is 2.14. The Hall–Kier alpha value is -2.89. The molecule has 0 aliphatic carbocycles. The third kappa shape index (κ3) is 2.95. The van der Waals surface area contributed by atoms with Crippen molar-refractivity contribution in [1.29, 1.82) is 0 Å². The van der Waals surface area contributed by atoms with E-state index in [4.69, 9.17) is 5.73 Å². The second kappa shape index (κ2) is 6.31. The van der Waals surface area contributed by atoms with Crippen LogP contribution in [0.4, 0.5) is 15.8 Å². The number of rotatable bonds is 4. The van der Waals surface area contributed by atoms with Crippen molar-refractivity contribution in [1.82, 2.24) is 0 Å². The van der Waals surface area contributed by atoms with Crippen molar-refractivity contribution >= 4 is 23.2 Å². The number of nitrogens with one attached hydrogen (secondary N) is 1. The standard InChI is InChI=1S/C18H18FN3O2/c1-11(23)22-10-9-14-15(3-2-4-16(14)22)21-17(18(20)24)12-5-7-13(19)8-6-12/h2-8,17,21H,9-10H2,1H3,(H2,20,24). The number of carbonyl (C=O) groups excluding carboxylic acids is 2. The van der Waals surface area contributed by atoms with Crippen molar-refractivity contribution in [2.45, 2.75) is 19.4 Å². The molecule has 0 saturated carbocycles. The summed E-state index contributed by atoms with van der Waals surface area (Å²) >= 11 is 0. The summed E-state index contributed by atoms with van der Waals surface area (Å²) in [4.78, 5) is 25.3. The van der Waals surface area contributed by atoms with Gasteiger partial charge in [-0.2, -0.15) is 0 Å². The molecule has 124 valence electrons. The fourth-order valence-corrected chi connectivity index (χ4v) is 3.03. The summed E-state index contributed by atoms with van der Waals surface area (Å²) < 4.78 is 13.1. The Morgan fingerprint density at radius 3 is 2.54 bits per heavy atom. The SMILES string of the molecule is CC(=O)N1CCc2c(NC(C(N)=O)c3ccc(F)cc3)cccc21. The molecular formula is C18H18FN3O2. The molecule has 5 nitrogen and oxygen atoms in total. The maximum absolute atomic E-state index is 13.1. The van der Waals surface area contributed by atoms with E-state index in [1.54, 1.807) is 4.90 Å². The second-order valence-electron chi connectivity index (χ2n) is 5.76. The predicted octanol–water partition coefficient (Wildman–Crippen LogP) is 2.37. The van der Waals surface area contributed by atoms with Gasteiger partial charge in [0.1, 0.15) is 11.9 Å². The minimum atomic E-state index is -0.775. The van der Waals surface area contributed by atoms with Crippen molar-refractivity contribution in [3.05, 3.63) is 59.4 Å². The van der Waals surface area contributed by atoms with E-state index >= 15 is 0 Å². The molecule has 2 aromatic rings. The van der Waals surface area contributed by atoms with Crippen molar-refractivity contribution in [3.8, 4) is 0 Å². The van der Waals surface area contributed by atoms with Crippen LogP contribution < -0.4 is 16.0 Å². The van der Waals surface area contributed by atoms with Gasteiger partial charge in [0, 0.05) is 30.4 Å². The molecule has 1 unspecified atom stereocenters. The quantitative estimate of drug-likeness (QED) is 0.905. The van der Waals surface area contributed by atoms with Gasteiger partial charge >= 0.3 is 0 Å². The lowest BCUT2D eigenvalue weighted by Crippen LogP contribution is -2.28. The first-order valence-electron chi connectivity index (χ1n) is 7.68. The van der Waals surface area contributed by atoms with E-state index in [2.05, 4.69) is 5.32 Å². The van der Waals surface area contributed by atoms with E-state index < -0.39 is 11.9 Å². The number of carbonyl (C=O) groups is 2. The lowest BCUT2D eigenvalue weighted by Gasteiger charge is -2.20. The molecule has 0 spiro atoms. The monoisotopic (exact) mass is 327 g/mol. The molecule has 0 aromatic heterocycles. The summed E-state index contributed by atoms with van der Waals surface area (Å²) in [6, 6.07) is 10.4. The van der Waals surface area contributed by atoms with E-state index in [0.29, 0.717) is 18.5 Å². The van der Waals surface area contributed by atoms with Crippen LogP contribution in [0, 0.1) is 5.82 Å². The highest BCUT2D eigenvalue weighted by Crippen LogP contribution is 2.35. The molecule has 1 atom stereocenters. The number of anilines is 2. The highest BCUT2D eigenvalue weighted by molar-refractivity contribution is 5.95. The highest BCUT2D eigenvalue weighted by Gasteiger charge is 2.26. The summed E-state index contributed by atoms with van der Waals surface area (Å²) in [6.07, 6.45) is 0.701. The average molecular weight is 327 g/mol. The molecule has 0 saturated heterocycles. The van der Waals surface area contributed by atoms with Gasteiger partial charge in [-0.3, -0.25) is 9.59 Å². The first-order valence-corrected chi connectivity index (χ1v) is 7.68. The molecule has 6 heteroatoms. The summed E-state index contributed by atoms with van der Waals surface area (Å²) in [5.74, 6) is -0.948. The fraction of sp³-hybridized carbons (Fsp3) is 0.222. The molecule has 2 amide bonds. The number of primary amides is 1. The zero-order valence-corrected chi connectivity index (χ0v) is 13.3. The van der Waals surface area contributed by atoms with Gasteiger partial charge in [0.25, 0.3) is 0 Å². The first kappa shape index (κ1) is 16.0. The number of amides is 2. The maximum Gasteiger partial charge on any atom is 0.244 e. The molecule has 0 radical (unpaired) electrons. The molecule has 3 rings (SSSR count). The van der Waals surface area contributed by atoms with Crippen LogP contribution >= 0.6 is 0 Å². The number of halogens is 1. The van der Waals surface area contributed by atoms with Crippen LogP contribution in [0.2, 0.25) is 0 Å². The van der Waals surface area contributed by atoms with Crippen molar-refractivity contribution in [2.24, 2.45) is 5.73 Å². The zero-order chi connectivity index (χ0) is 17.3. The number of nitrogens with zero attached hydrogens (tertiary/aromatic N) is 1. The van der Waals surface area contributed by atoms with Crippen molar-refractivity contribution in [3.63, 3.8) is 0 Å². The van der Waals surface area contributed by atoms with Gasteiger partial charge < -0.3 is 16.0 Å². The van der Waals surface area contributed by atoms with Gasteiger partial charge in [-0.1, -0.05) is 18.2 Å². The van der Waals surface area contributed by atoms with Gasteiger partial charge in [-0.15, -0.1) is 0 Å². The molecule has 0 fully saturated rings. The molecule has 2 aromatic carbocycles. The molecule has 0 bridgehead atoms.